The highest BCUT2D eigenvalue weighted by Crippen LogP contribution is 2.30. The third-order valence-corrected chi connectivity index (χ3v) is 6.38. The minimum Gasteiger partial charge on any atom is -0.272 e. The molecule has 0 unspecified atom stereocenters. The molecule has 5 nitrogen and oxygen atoms in total. The van der Waals surface area contributed by atoms with E-state index < -0.39 is 0 Å². The molecule has 0 aliphatic rings. The van der Waals surface area contributed by atoms with Crippen molar-refractivity contribution in [2.45, 2.75) is 14.4 Å². The Morgan fingerprint density at radius 2 is 1.65 bits per heavy atom. The van der Waals surface area contributed by atoms with Gasteiger partial charge in [0.15, 0.2) is 8.68 Å². The fourth-order valence-electron chi connectivity index (χ4n) is 1.91. The zero-order valence-electron chi connectivity index (χ0n) is 13.7. The van der Waals surface area contributed by atoms with Crippen molar-refractivity contribution in [1.82, 2.24) is 15.6 Å². The van der Waals surface area contributed by atoms with Crippen LogP contribution in [0.15, 0.2) is 74.4 Å². The molecule has 0 saturated carbocycles. The molecule has 0 fully saturated rings. The Morgan fingerprint density at radius 3 is 2.38 bits per heavy atom. The summed E-state index contributed by atoms with van der Waals surface area (Å²) in [4.78, 5) is 11.8. The first-order valence-corrected chi connectivity index (χ1v) is 10.6. The largest absolute Gasteiger partial charge is 0.272 e. The predicted molar refractivity (Wildman–Crippen MR) is 109 cm³/mol. The summed E-state index contributed by atoms with van der Waals surface area (Å²) in [5.74, 6) is 0.940. The number of hydrogen-bond acceptors (Lipinski definition) is 7. The molecule has 0 aliphatic heterocycles. The summed E-state index contributed by atoms with van der Waals surface area (Å²) in [5, 5.41) is 12.2. The Hall–Kier alpha value is -2.16. The number of carbonyl (C=O) groups excluding carboxylic acids is 1. The van der Waals surface area contributed by atoms with Crippen molar-refractivity contribution >= 4 is 47.0 Å². The summed E-state index contributed by atoms with van der Waals surface area (Å²) < 4.78 is 1.68. The Bertz CT molecular complexity index is 853. The Labute approximate surface area is 164 Å². The fraction of sp³-hybridized carbons (Fsp3) is 0.111. The van der Waals surface area contributed by atoms with Gasteiger partial charge in [-0.25, -0.2) is 5.43 Å². The van der Waals surface area contributed by atoms with Crippen LogP contribution in [-0.4, -0.2) is 28.1 Å². The van der Waals surface area contributed by atoms with Crippen LogP contribution in [0.4, 0.5) is 0 Å². The zero-order chi connectivity index (χ0) is 18.0. The van der Waals surface area contributed by atoms with E-state index in [2.05, 4.69) is 32.9 Å². The first kappa shape index (κ1) is 18.6. The highest BCUT2D eigenvalue weighted by atomic mass is 32.2. The molecule has 8 heteroatoms. The Kier molecular flexibility index (Phi) is 7.24. The maximum Gasteiger partial charge on any atom is 0.250 e. The molecule has 0 spiro atoms. The lowest BCUT2D eigenvalue weighted by Gasteiger charge is -1.97. The molecule has 0 radical (unpaired) electrons. The van der Waals surface area contributed by atoms with Crippen LogP contribution >= 0.6 is 34.9 Å². The monoisotopic (exact) mass is 400 g/mol. The number of benzene rings is 2. The summed E-state index contributed by atoms with van der Waals surface area (Å²) in [6.07, 6.45) is 1.62. The normalized spacial score (nSPS) is 10.9. The van der Waals surface area contributed by atoms with Crippen LogP contribution in [0.3, 0.4) is 0 Å². The van der Waals surface area contributed by atoms with Crippen LogP contribution in [-0.2, 0) is 10.5 Å². The SMILES string of the molecule is O=C(CSc1nnc(SCc2ccccc2)s1)NN=Cc1ccccc1. The van der Waals surface area contributed by atoms with Gasteiger partial charge in [0.25, 0.3) is 5.91 Å². The Balaban J connectivity index is 1.40. The van der Waals surface area contributed by atoms with E-state index in [0.29, 0.717) is 0 Å². The summed E-state index contributed by atoms with van der Waals surface area (Å²) in [6, 6.07) is 19.8. The van der Waals surface area contributed by atoms with Crippen molar-refractivity contribution in [3.63, 3.8) is 0 Å². The highest BCUT2D eigenvalue weighted by molar-refractivity contribution is 8.03. The van der Waals surface area contributed by atoms with E-state index in [9.17, 15) is 4.79 Å². The lowest BCUT2D eigenvalue weighted by atomic mass is 10.2. The van der Waals surface area contributed by atoms with Crippen LogP contribution in [0, 0.1) is 0 Å². The van der Waals surface area contributed by atoms with E-state index >= 15 is 0 Å². The van der Waals surface area contributed by atoms with E-state index in [0.717, 1.165) is 20.0 Å². The van der Waals surface area contributed by atoms with Crippen molar-refractivity contribution in [3.05, 3.63) is 71.8 Å². The number of carbonyl (C=O) groups is 1. The molecule has 0 bridgehead atoms. The van der Waals surface area contributed by atoms with Crippen molar-refractivity contribution in [2.24, 2.45) is 5.10 Å². The van der Waals surface area contributed by atoms with Gasteiger partial charge in [0, 0.05) is 5.75 Å². The number of thioether (sulfide) groups is 2. The molecular formula is C18H16N4OS3. The lowest BCUT2D eigenvalue weighted by molar-refractivity contribution is -0.118. The van der Waals surface area contributed by atoms with E-state index in [1.807, 2.05) is 48.5 Å². The standard InChI is InChI=1S/C18H16N4OS3/c23-16(20-19-11-14-7-3-1-4-8-14)13-25-18-22-21-17(26-18)24-12-15-9-5-2-6-10-15/h1-11H,12-13H2,(H,20,23). The van der Waals surface area contributed by atoms with Crippen molar-refractivity contribution in [3.8, 4) is 0 Å². The highest BCUT2D eigenvalue weighted by Gasteiger charge is 2.08. The van der Waals surface area contributed by atoms with Gasteiger partial charge in [0.1, 0.15) is 0 Å². The second-order valence-corrected chi connectivity index (χ2v) is 8.52. The van der Waals surface area contributed by atoms with Gasteiger partial charge in [-0.3, -0.25) is 4.79 Å². The molecule has 0 atom stereocenters. The summed E-state index contributed by atoms with van der Waals surface area (Å²) in [7, 11) is 0. The van der Waals surface area contributed by atoms with Crippen LogP contribution in [0.5, 0.6) is 0 Å². The number of aromatic nitrogens is 2. The molecule has 1 N–H and O–H groups in total. The second-order valence-electron chi connectivity index (χ2n) is 5.10. The van der Waals surface area contributed by atoms with Gasteiger partial charge in [0.2, 0.25) is 0 Å². The number of nitrogens with zero attached hydrogens (tertiary/aromatic N) is 3. The third kappa shape index (κ3) is 6.29. The molecule has 3 aromatic rings. The number of amides is 1. The summed E-state index contributed by atoms with van der Waals surface area (Å²) >= 11 is 4.51. The number of hydrazone groups is 1. The Morgan fingerprint density at radius 1 is 1.00 bits per heavy atom. The molecule has 1 amide bonds. The average molecular weight is 401 g/mol. The van der Waals surface area contributed by atoms with E-state index in [-0.39, 0.29) is 11.7 Å². The van der Waals surface area contributed by atoms with E-state index in [1.165, 1.54) is 28.7 Å². The molecule has 1 heterocycles. The number of hydrogen-bond donors (Lipinski definition) is 1. The van der Waals surface area contributed by atoms with Crippen LogP contribution < -0.4 is 5.43 Å². The van der Waals surface area contributed by atoms with E-state index in [1.54, 1.807) is 18.0 Å². The minimum atomic E-state index is -0.170. The molecule has 0 aliphatic carbocycles. The molecule has 0 saturated heterocycles. The van der Waals surface area contributed by atoms with E-state index in [4.69, 9.17) is 0 Å². The second kappa shape index (κ2) is 10.1. The van der Waals surface area contributed by atoms with Crippen molar-refractivity contribution < 1.29 is 4.79 Å². The molecule has 132 valence electrons. The summed E-state index contributed by atoms with van der Waals surface area (Å²) in [6.45, 7) is 0. The quantitative estimate of drug-likeness (QED) is 0.351. The summed E-state index contributed by atoms with van der Waals surface area (Å²) in [5.41, 5.74) is 4.70. The van der Waals surface area contributed by atoms with Gasteiger partial charge in [0.05, 0.1) is 12.0 Å². The van der Waals surface area contributed by atoms with Crippen molar-refractivity contribution in [1.29, 1.82) is 0 Å². The van der Waals surface area contributed by atoms with Crippen LogP contribution in [0.2, 0.25) is 0 Å². The first-order chi connectivity index (χ1) is 12.8. The molecule has 3 rings (SSSR count). The smallest absolute Gasteiger partial charge is 0.250 e. The van der Waals surface area contributed by atoms with Gasteiger partial charge in [-0.1, -0.05) is 95.5 Å². The topological polar surface area (TPSA) is 67.2 Å². The molecular weight excluding hydrogens is 384 g/mol. The van der Waals surface area contributed by atoms with Crippen LogP contribution in [0.1, 0.15) is 11.1 Å². The van der Waals surface area contributed by atoms with Gasteiger partial charge in [-0.2, -0.15) is 5.10 Å². The fourth-order valence-corrected chi connectivity index (χ4v) is 4.68. The molecule has 2 aromatic carbocycles. The number of rotatable bonds is 8. The van der Waals surface area contributed by atoms with Gasteiger partial charge in [-0.05, 0) is 11.1 Å². The first-order valence-electron chi connectivity index (χ1n) is 7.79. The third-order valence-electron chi connectivity index (χ3n) is 3.12. The average Bonchev–Trinajstić information content (AvgIpc) is 3.14. The zero-order valence-corrected chi connectivity index (χ0v) is 16.2. The van der Waals surface area contributed by atoms with Crippen molar-refractivity contribution in [2.75, 3.05) is 5.75 Å². The van der Waals surface area contributed by atoms with Gasteiger partial charge in [-0.15, -0.1) is 10.2 Å². The predicted octanol–water partition coefficient (Wildman–Crippen LogP) is 4.07. The maximum atomic E-state index is 11.8. The number of nitrogens with one attached hydrogen (secondary N) is 1. The van der Waals surface area contributed by atoms with Gasteiger partial charge >= 0.3 is 0 Å². The lowest BCUT2D eigenvalue weighted by Crippen LogP contribution is -2.19. The molecule has 26 heavy (non-hydrogen) atoms. The molecule has 1 aromatic heterocycles. The maximum absolute atomic E-state index is 11.8. The van der Waals surface area contributed by atoms with Crippen LogP contribution in [0.25, 0.3) is 0 Å². The minimum absolute atomic E-state index is 0.170. The van der Waals surface area contributed by atoms with Gasteiger partial charge < -0.3 is 0 Å².